The topological polar surface area (TPSA) is 89.2 Å². The minimum atomic E-state index is -2.88. The van der Waals surface area contributed by atoms with Crippen LogP contribution in [0.5, 0.6) is 0 Å². The van der Waals surface area contributed by atoms with Crippen LogP contribution in [-0.4, -0.2) is 48.0 Å². The second-order valence-electron chi connectivity index (χ2n) is 3.76. The Labute approximate surface area is 105 Å². The molecule has 1 aliphatic heterocycles. The van der Waals surface area contributed by atoms with Gasteiger partial charge in [-0.05, 0) is 0 Å². The van der Waals surface area contributed by atoms with Crippen LogP contribution in [0.25, 0.3) is 0 Å². The molecular weight excluding hydrogens is 260 g/mol. The molecule has 0 spiro atoms. The van der Waals surface area contributed by atoms with E-state index in [4.69, 9.17) is 18.0 Å². The maximum atomic E-state index is 11.3. The number of nitrogens with two attached hydrogens (primary N) is 1. The number of nitrogens with zero attached hydrogens (tertiary/aromatic N) is 3. The van der Waals surface area contributed by atoms with E-state index in [9.17, 15) is 8.42 Å². The van der Waals surface area contributed by atoms with Crippen LogP contribution in [-0.2, 0) is 9.84 Å². The van der Waals surface area contributed by atoms with Gasteiger partial charge >= 0.3 is 0 Å². The fourth-order valence-corrected chi connectivity index (χ4v) is 2.86. The van der Waals surface area contributed by atoms with Crippen molar-refractivity contribution in [2.45, 2.75) is 0 Å². The molecule has 0 aromatic carbocycles. The van der Waals surface area contributed by atoms with E-state index in [2.05, 4.69) is 9.97 Å². The van der Waals surface area contributed by atoms with E-state index in [0.29, 0.717) is 24.6 Å². The summed E-state index contributed by atoms with van der Waals surface area (Å²) in [6.45, 7) is 0.896. The SMILES string of the molecule is NC(=S)c1cnc(N2CCS(=O)(=O)CC2)cn1. The molecule has 1 aromatic heterocycles. The van der Waals surface area contributed by atoms with Crippen LogP contribution in [0.2, 0.25) is 0 Å². The minimum absolute atomic E-state index is 0.158. The van der Waals surface area contributed by atoms with E-state index in [1.54, 1.807) is 6.20 Å². The third-order valence-electron chi connectivity index (χ3n) is 2.56. The van der Waals surface area contributed by atoms with Crippen molar-refractivity contribution in [1.82, 2.24) is 9.97 Å². The fraction of sp³-hybridized carbons (Fsp3) is 0.444. The molecule has 0 aliphatic carbocycles. The van der Waals surface area contributed by atoms with E-state index in [1.165, 1.54) is 6.20 Å². The quantitative estimate of drug-likeness (QED) is 0.715. The Balaban J connectivity index is 2.11. The van der Waals surface area contributed by atoms with Crippen molar-refractivity contribution in [3.8, 4) is 0 Å². The maximum absolute atomic E-state index is 11.3. The molecule has 2 rings (SSSR count). The first-order chi connectivity index (χ1) is 7.98. The van der Waals surface area contributed by atoms with Crippen molar-refractivity contribution in [2.75, 3.05) is 29.5 Å². The molecule has 8 heteroatoms. The monoisotopic (exact) mass is 272 g/mol. The van der Waals surface area contributed by atoms with Gasteiger partial charge in [0.1, 0.15) is 16.5 Å². The summed E-state index contributed by atoms with van der Waals surface area (Å²) >= 11 is 4.77. The van der Waals surface area contributed by atoms with Crippen molar-refractivity contribution in [3.63, 3.8) is 0 Å². The summed E-state index contributed by atoms with van der Waals surface area (Å²) in [7, 11) is -2.88. The number of hydrogen-bond donors (Lipinski definition) is 1. The third kappa shape index (κ3) is 2.89. The molecule has 1 aromatic rings. The van der Waals surface area contributed by atoms with Crippen LogP contribution in [0.1, 0.15) is 5.69 Å². The number of rotatable bonds is 2. The number of sulfone groups is 1. The van der Waals surface area contributed by atoms with Crippen molar-refractivity contribution >= 4 is 32.9 Å². The highest BCUT2D eigenvalue weighted by Crippen LogP contribution is 2.13. The first kappa shape index (κ1) is 12.2. The van der Waals surface area contributed by atoms with Gasteiger partial charge in [-0.1, -0.05) is 12.2 Å². The molecule has 2 N–H and O–H groups in total. The second kappa shape index (κ2) is 4.53. The molecule has 0 bridgehead atoms. The lowest BCUT2D eigenvalue weighted by Crippen LogP contribution is -2.40. The maximum Gasteiger partial charge on any atom is 0.153 e. The van der Waals surface area contributed by atoms with E-state index >= 15 is 0 Å². The van der Waals surface area contributed by atoms with Crippen molar-refractivity contribution < 1.29 is 8.42 Å². The van der Waals surface area contributed by atoms with Gasteiger partial charge in [0.2, 0.25) is 0 Å². The summed E-state index contributed by atoms with van der Waals surface area (Å²) in [5.74, 6) is 0.970. The Morgan fingerprint density at radius 1 is 1.29 bits per heavy atom. The van der Waals surface area contributed by atoms with Gasteiger partial charge in [-0.3, -0.25) is 0 Å². The molecule has 92 valence electrons. The molecular formula is C9H12N4O2S2. The standard InChI is InChI=1S/C9H12N4O2S2/c10-9(16)7-5-12-8(6-11-7)13-1-3-17(14,15)4-2-13/h5-6H,1-4H2,(H2,10,16). The number of anilines is 1. The fourth-order valence-electron chi connectivity index (χ4n) is 1.55. The molecule has 6 nitrogen and oxygen atoms in total. The molecule has 0 unspecified atom stereocenters. The number of aromatic nitrogens is 2. The molecule has 0 amide bonds. The summed E-state index contributed by atoms with van der Waals surface area (Å²) in [4.78, 5) is 10.3. The lowest BCUT2D eigenvalue weighted by molar-refractivity contribution is 0.586. The smallest absolute Gasteiger partial charge is 0.153 e. The van der Waals surface area contributed by atoms with Crippen LogP contribution in [0.3, 0.4) is 0 Å². The molecule has 1 fully saturated rings. The average molecular weight is 272 g/mol. The summed E-state index contributed by atoms with van der Waals surface area (Å²) in [5.41, 5.74) is 5.88. The van der Waals surface area contributed by atoms with Gasteiger partial charge in [0, 0.05) is 13.1 Å². The summed E-state index contributed by atoms with van der Waals surface area (Å²) < 4.78 is 22.5. The van der Waals surface area contributed by atoms with Gasteiger partial charge in [0.25, 0.3) is 0 Å². The van der Waals surface area contributed by atoms with Gasteiger partial charge in [0.05, 0.1) is 23.9 Å². The second-order valence-corrected chi connectivity index (χ2v) is 6.51. The molecule has 0 radical (unpaired) electrons. The van der Waals surface area contributed by atoms with Crippen LogP contribution in [0, 0.1) is 0 Å². The van der Waals surface area contributed by atoms with E-state index in [1.807, 2.05) is 4.90 Å². The Kier molecular flexibility index (Phi) is 3.25. The van der Waals surface area contributed by atoms with E-state index in [0.717, 1.165) is 0 Å². The van der Waals surface area contributed by atoms with Gasteiger partial charge in [-0.2, -0.15) is 0 Å². The largest absolute Gasteiger partial charge is 0.388 e. The molecule has 0 atom stereocenters. The molecule has 17 heavy (non-hydrogen) atoms. The van der Waals surface area contributed by atoms with Crippen molar-refractivity contribution in [2.24, 2.45) is 5.73 Å². The number of hydrogen-bond acceptors (Lipinski definition) is 6. The average Bonchev–Trinajstić information content (AvgIpc) is 2.29. The third-order valence-corrected chi connectivity index (χ3v) is 4.38. The zero-order valence-electron chi connectivity index (χ0n) is 9.04. The van der Waals surface area contributed by atoms with Crippen LogP contribution >= 0.6 is 12.2 Å². The lowest BCUT2D eigenvalue weighted by Gasteiger charge is -2.27. The Hall–Kier alpha value is -1.28. The molecule has 1 saturated heterocycles. The summed E-state index contributed by atoms with van der Waals surface area (Å²) in [6.07, 6.45) is 3.06. The first-order valence-electron chi connectivity index (χ1n) is 5.05. The van der Waals surface area contributed by atoms with E-state index in [-0.39, 0.29) is 16.5 Å². The zero-order valence-corrected chi connectivity index (χ0v) is 10.7. The van der Waals surface area contributed by atoms with Crippen molar-refractivity contribution in [1.29, 1.82) is 0 Å². The molecule has 2 heterocycles. The van der Waals surface area contributed by atoms with Crippen LogP contribution < -0.4 is 10.6 Å². The highest BCUT2D eigenvalue weighted by Gasteiger charge is 2.22. The Morgan fingerprint density at radius 3 is 2.41 bits per heavy atom. The highest BCUT2D eigenvalue weighted by molar-refractivity contribution is 7.91. The number of thiocarbonyl (C=S) groups is 1. The predicted octanol–water partition coefficient (Wildman–Crippen LogP) is -0.654. The summed E-state index contributed by atoms with van der Waals surface area (Å²) in [5, 5.41) is 0. The van der Waals surface area contributed by atoms with Gasteiger partial charge in [0.15, 0.2) is 9.84 Å². The highest BCUT2D eigenvalue weighted by atomic mass is 32.2. The van der Waals surface area contributed by atoms with Crippen LogP contribution in [0.15, 0.2) is 12.4 Å². The normalized spacial score (nSPS) is 18.9. The minimum Gasteiger partial charge on any atom is -0.388 e. The van der Waals surface area contributed by atoms with Crippen molar-refractivity contribution in [3.05, 3.63) is 18.1 Å². The Morgan fingerprint density at radius 2 is 1.94 bits per heavy atom. The Bertz CT molecular complexity index is 512. The van der Waals surface area contributed by atoms with Gasteiger partial charge in [-0.15, -0.1) is 0 Å². The lowest BCUT2D eigenvalue weighted by atomic mass is 10.4. The summed E-state index contributed by atoms with van der Waals surface area (Å²) in [6, 6.07) is 0. The predicted molar refractivity (Wildman–Crippen MR) is 68.8 cm³/mol. The van der Waals surface area contributed by atoms with Gasteiger partial charge < -0.3 is 10.6 Å². The van der Waals surface area contributed by atoms with Gasteiger partial charge in [-0.25, -0.2) is 18.4 Å². The zero-order chi connectivity index (χ0) is 12.5. The molecule has 1 aliphatic rings. The first-order valence-corrected chi connectivity index (χ1v) is 7.28. The van der Waals surface area contributed by atoms with Crippen LogP contribution in [0.4, 0.5) is 5.82 Å². The van der Waals surface area contributed by atoms with E-state index < -0.39 is 9.84 Å². The molecule has 0 saturated carbocycles.